The van der Waals surface area contributed by atoms with Gasteiger partial charge in [-0.05, 0) is 19.4 Å². The Morgan fingerprint density at radius 3 is 3.00 bits per heavy atom. The van der Waals surface area contributed by atoms with Crippen LogP contribution in [-0.4, -0.2) is 25.0 Å². The molecule has 2 N–H and O–H groups in total. The molecule has 0 aromatic rings. The lowest BCUT2D eigenvalue weighted by atomic mass is 9.98. The number of hydrogen-bond donors (Lipinski definition) is 2. The first-order chi connectivity index (χ1) is 6.65. The van der Waals surface area contributed by atoms with Gasteiger partial charge in [0.15, 0.2) is 0 Å². The second-order valence-corrected chi connectivity index (χ2v) is 4.72. The van der Waals surface area contributed by atoms with Crippen molar-refractivity contribution in [1.29, 1.82) is 0 Å². The molecule has 0 bridgehead atoms. The third-order valence-electron chi connectivity index (χ3n) is 2.58. The van der Waals surface area contributed by atoms with Gasteiger partial charge in [-0.2, -0.15) is 0 Å². The van der Waals surface area contributed by atoms with Gasteiger partial charge in [0.05, 0.1) is 5.92 Å². The quantitative estimate of drug-likeness (QED) is 0.803. The van der Waals surface area contributed by atoms with Crippen LogP contribution in [-0.2, 0) is 4.79 Å². The molecule has 80 valence electrons. The number of carbonyl (C=O) groups excluding carboxylic acids is 1. The van der Waals surface area contributed by atoms with Gasteiger partial charge < -0.3 is 10.6 Å². The second kappa shape index (κ2) is 5.51. The molecule has 2 atom stereocenters. The molecule has 1 fully saturated rings. The van der Waals surface area contributed by atoms with Crippen molar-refractivity contribution >= 4 is 21.8 Å². The number of halogens is 1. The van der Waals surface area contributed by atoms with E-state index >= 15 is 0 Å². The molecule has 0 aromatic carbocycles. The molecule has 1 rings (SSSR count). The van der Waals surface area contributed by atoms with E-state index in [1.165, 1.54) is 0 Å². The summed E-state index contributed by atoms with van der Waals surface area (Å²) in [5, 5.41) is 6.19. The van der Waals surface area contributed by atoms with Crippen LogP contribution < -0.4 is 10.6 Å². The topological polar surface area (TPSA) is 41.1 Å². The van der Waals surface area contributed by atoms with Crippen molar-refractivity contribution in [1.82, 2.24) is 10.6 Å². The third-order valence-corrected chi connectivity index (χ3v) is 2.86. The highest BCUT2D eigenvalue weighted by Crippen LogP contribution is 2.18. The number of carbonyl (C=O) groups is 1. The smallest absolute Gasteiger partial charge is 0.225 e. The van der Waals surface area contributed by atoms with E-state index in [4.69, 9.17) is 0 Å². The molecule has 2 unspecified atom stereocenters. The summed E-state index contributed by atoms with van der Waals surface area (Å²) >= 11 is 3.22. The summed E-state index contributed by atoms with van der Waals surface area (Å²) in [5.74, 6) is 0.272. The van der Waals surface area contributed by atoms with E-state index in [1.54, 1.807) is 0 Å². The molecule has 1 aliphatic heterocycles. The molecule has 1 aliphatic rings. The summed E-state index contributed by atoms with van der Waals surface area (Å²) in [5.41, 5.74) is 0. The summed E-state index contributed by atoms with van der Waals surface area (Å²) in [6, 6.07) is 0.346. The van der Waals surface area contributed by atoms with Crippen molar-refractivity contribution in [3.05, 3.63) is 11.1 Å². The maximum absolute atomic E-state index is 11.7. The van der Waals surface area contributed by atoms with Gasteiger partial charge in [0.1, 0.15) is 0 Å². The van der Waals surface area contributed by atoms with Gasteiger partial charge in [-0.1, -0.05) is 29.4 Å². The highest BCUT2D eigenvalue weighted by molar-refractivity contribution is 9.11. The molecule has 4 heteroatoms. The molecular formula is C10H17BrN2O. The fourth-order valence-electron chi connectivity index (χ4n) is 1.82. The van der Waals surface area contributed by atoms with Crippen LogP contribution in [0.15, 0.2) is 11.1 Å². The van der Waals surface area contributed by atoms with E-state index in [2.05, 4.69) is 40.1 Å². The second-order valence-electron chi connectivity index (χ2n) is 3.60. The van der Waals surface area contributed by atoms with Crippen molar-refractivity contribution in [2.24, 2.45) is 5.92 Å². The van der Waals surface area contributed by atoms with Crippen molar-refractivity contribution in [3.63, 3.8) is 0 Å². The zero-order valence-corrected chi connectivity index (χ0v) is 10.1. The first-order valence-corrected chi connectivity index (χ1v) is 5.78. The molecule has 1 heterocycles. The minimum absolute atomic E-state index is 0.131. The lowest BCUT2D eigenvalue weighted by Gasteiger charge is -2.17. The molecule has 0 aliphatic carbocycles. The average molecular weight is 261 g/mol. The Labute approximate surface area is 93.5 Å². The van der Waals surface area contributed by atoms with E-state index in [-0.39, 0.29) is 11.8 Å². The van der Waals surface area contributed by atoms with Gasteiger partial charge in [-0.3, -0.25) is 4.79 Å². The number of hydrogen-bond acceptors (Lipinski definition) is 2. The Hall–Kier alpha value is -0.350. The Morgan fingerprint density at radius 2 is 2.43 bits per heavy atom. The monoisotopic (exact) mass is 260 g/mol. The zero-order chi connectivity index (χ0) is 10.6. The van der Waals surface area contributed by atoms with Crippen LogP contribution in [0.2, 0.25) is 0 Å². The molecule has 1 saturated heterocycles. The normalized spacial score (nSPS) is 26.1. The predicted octanol–water partition coefficient (Wildman–Crippen LogP) is 1.40. The van der Waals surface area contributed by atoms with Crippen LogP contribution in [0, 0.1) is 5.92 Å². The standard InChI is InChI=1S/C10H17BrN2O/c1-3-9-8(4-5-12-9)10(14)13-6-7(2)11/h8-9,12H,2-6H2,1H3,(H,13,14). The molecule has 0 aromatic heterocycles. The van der Waals surface area contributed by atoms with Crippen molar-refractivity contribution < 1.29 is 4.79 Å². The Balaban J connectivity index is 2.39. The molecule has 0 spiro atoms. The van der Waals surface area contributed by atoms with Crippen LogP contribution in [0.1, 0.15) is 19.8 Å². The Bertz CT molecular complexity index is 230. The van der Waals surface area contributed by atoms with E-state index in [1.807, 2.05) is 0 Å². The van der Waals surface area contributed by atoms with E-state index in [0.29, 0.717) is 12.6 Å². The highest BCUT2D eigenvalue weighted by Gasteiger charge is 2.30. The zero-order valence-electron chi connectivity index (χ0n) is 8.48. The lowest BCUT2D eigenvalue weighted by Crippen LogP contribution is -2.38. The fourth-order valence-corrected chi connectivity index (χ4v) is 1.96. The van der Waals surface area contributed by atoms with Crippen LogP contribution >= 0.6 is 15.9 Å². The first kappa shape index (κ1) is 11.7. The Morgan fingerprint density at radius 1 is 1.71 bits per heavy atom. The number of amides is 1. The van der Waals surface area contributed by atoms with E-state index in [9.17, 15) is 4.79 Å². The van der Waals surface area contributed by atoms with Gasteiger partial charge in [-0.15, -0.1) is 0 Å². The number of rotatable bonds is 4. The lowest BCUT2D eigenvalue weighted by molar-refractivity contribution is -0.125. The SMILES string of the molecule is C=C(Br)CNC(=O)C1CCNC1CC. The van der Waals surface area contributed by atoms with E-state index in [0.717, 1.165) is 23.9 Å². The first-order valence-electron chi connectivity index (χ1n) is 4.99. The Kier molecular flexibility index (Phi) is 4.62. The molecule has 14 heavy (non-hydrogen) atoms. The molecule has 0 radical (unpaired) electrons. The van der Waals surface area contributed by atoms with Crippen molar-refractivity contribution in [2.45, 2.75) is 25.8 Å². The maximum atomic E-state index is 11.7. The van der Waals surface area contributed by atoms with Crippen molar-refractivity contribution in [3.8, 4) is 0 Å². The predicted molar refractivity (Wildman–Crippen MR) is 61.3 cm³/mol. The minimum Gasteiger partial charge on any atom is -0.351 e. The molecule has 1 amide bonds. The van der Waals surface area contributed by atoms with Crippen LogP contribution in [0.3, 0.4) is 0 Å². The van der Waals surface area contributed by atoms with Gasteiger partial charge in [0, 0.05) is 17.1 Å². The van der Waals surface area contributed by atoms with Crippen LogP contribution in [0.5, 0.6) is 0 Å². The molecular weight excluding hydrogens is 244 g/mol. The summed E-state index contributed by atoms with van der Waals surface area (Å²) < 4.78 is 0.810. The summed E-state index contributed by atoms with van der Waals surface area (Å²) in [4.78, 5) is 11.7. The minimum atomic E-state index is 0.131. The van der Waals surface area contributed by atoms with E-state index < -0.39 is 0 Å². The maximum Gasteiger partial charge on any atom is 0.225 e. The number of nitrogens with one attached hydrogen (secondary N) is 2. The highest BCUT2D eigenvalue weighted by atomic mass is 79.9. The van der Waals surface area contributed by atoms with Crippen molar-refractivity contribution in [2.75, 3.05) is 13.1 Å². The third kappa shape index (κ3) is 3.10. The summed E-state index contributed by atoms with van der Waals surface area (Å²) in [6.07, 6.45) is 1.95. The van der Waals surface area contributed by atoms with Gasteiger partial charge in [0.2, 0.25) is 5.91 Å². The molecule has 3 nitrogen and oxygen atoms in total. The van der Waals surface area contributed by atoms with Gasteiger partial charge in [0.25, 0.3) is 0 Å². The fraction of sp³-hybridized carbons (Fsp3) is 0.700. The van der Waals surface area contributed by atoms with Gasteiger partial charge in [-0.25, -0.2) is 0 Å². The van der Waals surface area contributed by atoms with Crippen LogP contribution in [0.4, 0.5) is 0 Å². The summed E-state index contributed by atoms with van der Waals surface area (Å²) in [7, 11) is 0. The average Bonchev–Trinajstić information content (AvgIpc) is 2.61. The van der Waals surface area contributed by atoms with Gasteiger partial charge >= 0.3 is 0 Å². The summed E-state index contributed by atoms with van der Waals surface area (Å²) in [6.45, 7) is 7.25. The van der Waals surface area contributed by atoms with Crippen LogP contribution in [0.25, 0.3) is 0 Å². The largest absolute Gasteiger partial charge is 0.351 e. The molecule has 0 saturated carbocycles.